The van der Waals surface area contributed by atoms with Gasteiger partial charge in [0.2, 0.25) is 11.8 Å². The Morgan fingerprint density at radius 1 is 1.21 bits per heavy atom. The van der Waals surface area contributed by atoms with Crippen molar-refractivity contribution in [3.8, 4) is 0 Å². The van der Waals surface area contributed by atoms with Crippen LogP contribution in [0.5, 0.6) is 0 Å². The Kier molecular flexibility index (Phi) is 6.06. The quantitative estimate of drug-likeness (QED) is 0.687. The van der Waals surface area contributed by atoms with Gasteiger partial charge in [-0.15, -0.1) is 0 Å². The summed E-state index contributed by atoms with van der Waals surface area (Å²) in [7, 11) is 0. The predicted octanol–water partition coefficient (Wildman–Crippen LogP) is 0.146. The third kappa shape index (κ3) is 4.91. The van der Waals surface area contributed by atoms with Gasteiger partial charge in [0.25, 0.3) is 5.91 Å². The Hall–Kier alpha value is -2.70. The molecule has 2 atom stereocenters. The molecule has 1 aliphatic carbocycles. The van der Waals surface area contributed by atoms with Crippen LogP contribution >= 0.6 is 0 Å². The predicted molar refractivity (Wildman–Crippen MR) is 86.9 cm³/mol. The van der Waals surface area contributed by atoms with Crippen molar-refractivity contribution in [2.45, 2.75) is 31.7 Å². The average molecular weight is 331 g/mol. The first-order chi connectivity index (χ1) is 11.5. The first-order valence-corrected chi connectivity index (χ1v) is 7.91. The molecule has 0 unspecified atom stereocenters. The monoisotopic (exact) mass is 331 g/mol. The minimum absolute atomic E-state index is 0.0733. The van der Waals surface area contributed by atoms with E-state index in [0.717, 1.165) is 0 Å². The Morgan fingerprint density at radius 3 is 2.54 bits per heavy atom. The van der Waals surface area contributed by atoms with Crippen LogP contribution in [0.1, 0.15) is 36.0 Å². The van der Waals surface area contributed by atoms with Crippen LogP contribution in [0.2, 0.25) is 0 Å². The Bertz CT molecular complexity index is 630. The molecule has 0 saturated heterocycles. The number of rotatable bonds is 6. The summed E-state index contributed by atoms with van der Waals surface area (Å²) in [4.78, 5) is 47.0. The zero-order valence-electron chi connectivity index (χ0n) is 13.3. The van der Waals surface area contributed by atoms with Crippen LogP contribution in [-0.4, -0.2) is 36.1 Å². The molecule has 24 heavy (non-hydrogen) atoms. The molecular weight excluding hydrogens is 310 g/mol. The number of ketones is 1. The zero-order valence-corrected chi connectivity index (χ0v) is 13.3. The van der Waals surface area contributed by atoms with E-state index < -0.39 is 17.9 Å². The number of carbonyl (C=O) groups is 4. The van der Waals surface area contributed by atoms with Gasteiger partial charge in [-0.2, -0.15) is 0 Å². The van der Waals surface area contributed by atoms with E-state index in [2.05, 4.69) is 10.6 Å². The van der Waals surface area contributed by atoms with Crippen molar-refractivity contribution in [1.29, 1.82) is 0 Å². The highest BCUT2D eigenvalue weighted by molar-refractivity contribution is 5.97. The van der Waals surface area contributed by atoms with Crippen LogP contribution in [0.15, 0.2) is 30.3 Å². The second-order valence-electron chi connectivity index (χ2n) is 5.89. The summed E-state index contributed by atoms with van der Waals surface area (Å²) >= 11 is 0. The van der Waals surface area contributed by atoms with Crippen molar-refractivity contribution >= 4 is 23.5 Å². The molecule has 4 N–H and O–H groups in total. The van der Waals surface area contributed by atoms with Gasteiger partial charge >= 0.3 is 0 Å². The number of benzene rings is 1. The van der Waals surface area contributed by atoms with Crippen LogP contribution in [-0.2, 0) is 14.4 Å². The molecule has 1 aromatic carbocycles. The third-order valence-electron chi connectivity index (χ3n) is 4.06. The van der Waals surface area contributed by atoms with Gasteiger partial charge in [0.15, 0.2) is 0 Å². The van der Waals surface area contributed by atoms with Crippen LogP contribution in [0, 0.1) is 5.92 Å². The normalized spacial score (nSPS) is 18.5. The fourth-order valence-corrected chi connectivity index (χ4v) is 2.84. The molecule has 0 aliphatic heterocycles. The molecular formula is C17H21N3O4. The number of nitrogens with two attached hydrogens (primary N) is 1. The number of nitrogens with one attached hydrogen (secondary N) is 2. The summed E-state index contributed by atoms with van der Waals surface area (Å²) in [5, 5.41) is 5.02. The maximum absolute atomic E-state index is 12.0. The van der Waals surface area contributed by atoms with Gasteiger partial charge < -0.3 is 16.4 Å². The molecule has 1 fully saturated rings. The van der Waals surface area contributed by atoms with Crippen LogP contribution < -0.4 is 16.4 Å². The lowest BCUT2D eigenvalue weighted by atomic mass is 9.83. The van der Waals surface area contributed by atoms with E-state index in [0.29, 0.717) is 24.8 Å². The largest absolute Gasteiger partial charge is 0.368 e. The minimum Gasteiger partial charge on any atom is -0.368 e. The van der Waals surface area contributed by atoms with E-state index in [1.54, 1.807) is 30.3 Å². The van der Waals surface area contributed by atoms with Gasteiger partial charge in [0.05, 0.1) is 6.54 Å². The third-order valence-corrected chi connectivity index (χ3v) is 4.06. The Morgan fingerprint density at radius 2 is 1.92 bits per heavy atom. The van der Waals surface area contributed by atoms with E-state index >= 15 is 0 Å². The van der Waals surface area contributed by atoms with Crippen molar-refractivity contribution in [2.24, 2.45) is 11.7 Å². The van der Waals surface area contributed by atoms with Gasteiger partial charge in [-0.1, -0.05) is 18.2 Å². The summed E-state index contributed by atoms with van der Waals surface area (Å²) in [6, 6.07) is 7.60. The minimum atomic E-state index is -0.893. The summed E-state index contributed by atoms with van der Waals surface area (Å²) in [6.45, 7) is -0.266. The Balaban J connectivity index is 1.88. The SMILES string of the molecule is NC(=O)[C@H](NC(=O)CNC(=O)c1ccccc1)[C@@H]1CCCC(=O)C1. The average Bonchev–Trinajstić information content (AvgIpc) is 2.58. The first-order valence-electron chi connectivity index (χ1n) is 7.91. The molecule has 0 spiro atoms. The molecule has 7 nitrogen and oxygen atoms in total. The van der Waals surface area contributed by atoms with Crippen molar-refractivity contribution in [1.82, 2.24) is 10.6 Å². The van der Waals surface area contributed by atoms with E-state index in [1.165, 1.54) is 0 Å². The van der Waals surface area contributed by atoms with Crippen molar-refractivity contribution in [3.63, 3.8) is 0 Å². The number of carbonyl (C=O) groups excluding carboxylic acids is 4. The smallest absolute Gasteiger partial charge is 0.251 e. The lowest BCUT2D eigenvalue weighted by Gasteiger charge is -2.28. The van der Waals surface area contributed by atoms with Crippen molar-refractivity contribution < 1.29 is 19.2 Å². The van der Waals surface area contributed by atoms with E-state index in [4.69, 9.17) is 5.73 Å². The van der Waals surface area contributed by atoms with E-state index in [9.17, 15) is 19.2 Å². The topological polar surface area (TPSA) is 118 Å². The van der Waals surface area contributed by atoms with Gasteiger partial charge in [0, 0.05) is 18.4 Å². The lowest BCUT2D eigenvalue weighted by molar-refractivity contribution is -0.130. The molecule has 7 heteroatoms. The van der Waals surface area contributed by atoms with Gasteiger partial charge in [-0.25, -0.2) is 0 Å². The second kappa shape index (κ2) is 8.24. The summed E-state index contributed by atoms with van der Waals surface area (Å²) in [5.74, 6) is -1.77. The summed E-state index contributed by atoms with van der Waals surface area (Å²) < 4.78 is 0. The van der Waals surface area contributed by atoms with Crippen LogP contribution in [0.3, 0.4) is 0 Å². The number of Topliss-reactive ketones (excluding diaryl/α,β-unsaturated/α-hetero) is 1. The first kappa shape index (κ1) is 17.7. The highest BCUT2D eigenvalue weighted by Gasteiger charge is 2.32. The number of amides is 3. The molecule has 3 amide bonds. The van der Waals surface area contributed by atoms with Gasteiger partial charge in [-0.05, 0) is 30.9 Å². The summed E-state index contributed by atoms with van der Waals surface area (Å²) in [6.07, 6.45) is 2.09. The highest BCUT2D eigenvalue weighted by Crippen LogP contribution is 2.24. The fourth-order valence-electron chi connectivity index (χ4n) is 2.84. The highest BCUT2D eigenvalue weighted by atomic mass is 16.2. The van der Waals surface area contributed by atoms with Gasteiger partial charge in [-0.3, -0.25) is 19.2 Å². The standard InChI is InChI=1S/C17H21N3O4/c18-16(23)15(12-7-4-8-13(21)9-12)20-14(22)10-19-17(24)11-5-2-1-3-6-11/h1-3,5-6,12,15H,4,7-10H2,(H2,18,23)(H,19,24)(H,20,22)/t12-,15-/m1/s1. The maximum atomic E-state index is 12.0. The molecule has 0 radical (unpaired) electrons. The fraction of sp³-hybridized carbons (Fsp3) is 0.412. The molecule has 1 aliphatic rings. The van der Waals surface area contributed by atoms with Crippen molar-refractivity contribution in [3.05, 3.63) is 35.9 Å². The van der Waals surface area contributed by atoms with Crippen LogP contribution in [0.25, 0.3) is 0 Å². The maximum Gasteiger partial charge on any atom is 0.251 e. The van der Waals surface area contributed by atoms with Crippen LogP contribution in [0.4, 0.5) is 0 Å². The molecule has 128 valence electrons. The van der Waals surface area contributed by atoms with Gasteiger partial charge in [0.1, 0.15) is 11.8 Å². The lowest BCUT2D eigenvalue weighted by Crippen LogP contribution is -2.52. The number of primary amides is 1. The molecule has 1 saturated carbocycles. The zero-order chi connectivity index (χ0) is 17.5. The molecule has 2 rings (SSSR count). The summed E-state index contributed by atoms with van der Waals surface area (Å²) in [5.41, 5.74) is 5.80. The van der Waals surface area contributed by atoms with Crippen molar-refractivity contribution in [2.75, 3.05) is 6.54 Å². The van der Waals surface area contributed by atoms with E-state index in [1.807, 2.05) is 0 Å². The second-order valence-corrected chi connectivity index (χ2v) is 5.89. The number of hydrogen-bond acceptors (Lipinski definition) is 4. The molecule has 1 aromatic rings. The molecule has 0 heterocycles. The molecule has 0 aromatic heterocycles. The van der Waals surface area contributed by atoms with E-state index in [-0.39, 0.29) is 30.6 Å². The number of hydrogen-bond donors (Lipinski definition) is 3. The Labute approximate surface area is 140 Å². The molecule has 0 bridgehead atoms.